The van der Waals surface area contributed by atoms with E-state index in [2.05, 4.69) is 17.0 Å². The number of hydrogen-bond acceptors (Lipinski definition) is 4. The summed E-state index contributed by atoms with van der Waals surface area (Å²) in [6.07, 6.45) is 2.24. The van der Waals surface area contributed by atoms with Gasteiger partial charge in [0.25, 0.3) is 0 Å². The summed E-state index contributed by atoms with van der Waals surface area (Å²) in [7, 11) is -3.74. The maximum absolute atomic E-state index is 13.3. The molecule has 8 heteroatoms. The van der Waals surface area contributed by atoms with Gasteiger partial charge >= 0.3 is 0 Å². The van der Waals surface area contributed by atoms with Crippen LogP contribution < -0.4 is 0 Å². The standard InChI is InChI=1S/C24H30FN3O3S/c25-22-9-11-23(12-10-22)32(30,31)28-15-4-8-21(19-28)24(29)27-14-5-13-26(16-17-27)18-20-6-2-1-3-7-20/h1-3,6-7,9-12,21H,4-5,8,13-19H2. The summed E-state index contributed by atoms with van der Waals surface area (Å²) in [5.74, 6) is -0.761. The second-order valence-electron chi connectivity index (χ2n) is 8.60. The quantitative estimate of drug-likeness (QED) is 0.690. The molecular formula is C24H30FN3O3S. The van der Waals surface area contributed by atoms with Crippen LogP contribution in [0.15, 0.2) is 59.5 Å². The zero-order valence-corrected chi connectivity index (χ0v) is 19.0. The first kappa shape index (κ1) is 22.9. The van der Waals surface area contributed by atoms with Crippen molar-refractivity contribution in [2.24, 2.45) is 5.92 Å². The number of sulfonamides is 1. The van der Waals surface area contributed by atoms with Crippen LogP contribution in [-0.4, -0.2) is 67.7 Å². The Kier molecular flexibility index (Phi) is 7.23. The van der Waals surface area contributed by atoms with Crippen molar-refractivity contribution in [3.05, 3.63) is 66.0 Å². The van der Waals surface area contributed by atoms with Gasteiger partial charge in [0.15, 0.2) is 0 Å². The molecule has 2 saturated heterocycles. The van der Waals surface area contributed by atoms with Gasteiger partial charge in [-0.3, -0.25) is 9.69 Å². The Morgan fingerprint density at radius 2 is 1.66 bits per heavy atom. The molecule has 2 aliphatic rings. The first-order valence-corrected chi connectivity index (χ1v) is 12.7. The summed E-state index contributed by atoms with van der Waals surface area (Å²) in [6.45, 7) is 4.55. The molecule has 2 aliphatic heterocycles. The fourth-order valence-electron chi connectivity index (χ4n) is 4.57. The predicted octanol–water partition coefficient (Wildman–Crippen LogP) is 2.96. The van der Waals surface area contributed by atoms with E-state index in [4.69, 9.17) is 0 Å². The van der Waals surface area contributed by atoms with Gasteiger partial charge in [0.1, 0.15) is 5.82 Å². The number of halogens is 1. The normalized spacial score (nSPS) is 21.3. The Balaban J connectivity index is 1.37. The average Bonchev–Trinajstić information content (AvgIpc) is 3.05. The summed E-state index contributed by atoms with van der Waals surface area (Å²) in [6, 6.07) is 15.2. The number of carbonyl (C=O) groups is 1. The van der Waals surface area contributed by atoms with E-state index in [0.29, 0.717) is 32.5 Å². The molecule has 1 unspecified atom stereocenters. The smallest absolute Gasteiger partial charge is 0.243 e. The van der Waals surface area contributed by atoms with Gasteiger partial charge in [-0.25, -0.2) is 12.8 Å². The van der Waals surface area contributed by atoms with E-state index in [1.54, 1.807) is 0 Å². The van der Waals surface area contributed by atoms with Gasteiger partial charge in [-0.15, -0.1) is 0 Å². The maximum Gasteiger partial charge on any atom is 0.243 e. The lowest BCUT2D eigenvalue weighted by atomic mass is 9.98. The third kappa shape index (κ3) is 5.36. The highest BCUT2D eigenvalue weighted by Gasteiger charge is 2.35. The molecule has 1 amide bonds. The van der Waals surface area contributed by atoms with Gasteiger partial charge in [-0.05, 0) is 49.1 Å². The van der Waals surface area contributed by atoms with Crippen LogP contribution >= 0.6 is 0 Å². The summed E-state index contributed by atoms with van der Waals surface area (Å²) in [5.41, 5.74) is 1.26. The minimum atomic E-state index is -3.74. The number of benzene rings is 2. The van der Waals surface area contributed by atoms with Gasteiger partial charge < -0.3 is 4.90 Å². The third-order valence-corrected chi connectivity index (χ3v) is 8.21. The summed E-state index contributed by atoms with van der Waals surface area (Å²) in [4.78, 5) is 17.6. The van der Waals surface area contributed by atoms with E-state index in [1.165, 1.54) is 22.0 Å². The minimum absolute atomic E-state index is 0.0468. The molecule has 2 fully saturated rings. The average molecular weight is 460 g/mol. The van der Waals surface area contributed by atoms with E-state index < -0.39 is 15.8 Å². The number of amides is 1. The van der Waals surface area contributed by atoms with Crippen molar-refractivity contribution in [3.8, 4) is 0 Å². The maximum atomic E-state index is 13.3. The van der Waals surface area contributed by atoms with Gasteiger partial charge in [-0.2, -0.15) is 4.31 Å². The Labute approximate surface area is 189 Å². The molecule has 4 rings (SSSR count). The molecule has 0 N–H and O–H groups in total. The number of piperidine rings is 1. The predicted molar refractivity (Wildman–Crippen MR) is 121 cm³/mol. The van der Waals surface area contributed by atoms with Gasteiger partial charge in [-0.1, -0.05) is 30.3 Å². The Morgan fingerprint density at radius 1 is 0.906 bits per heavy atom. The van der Waals surface area contributed by atoms with Crippen LogP contribution in [0.5, 0.6) is 0 Å². The Morgan fingerprint density at radius 3 is 2.41 bits per heavy atom. The molecule has 2 aromatic rings. The number of carbonyl (C=O) groups excluding carboxylic acids is 1. The first-order chi connectivity index (χ1) is 15.4. The molecule has 0 aliphatic carbocycles. The number of rotatable bonds is 5. The SMILES string of the molecule is O=C(C1CCCN(S(=O)(=O)c2ccc(F)cc2)C1)N1CCCN(Cc2ccccc2)CC1. The minimum Gasteiger partial charge on any atom is -0.341 e. The summed E-state index contributed by atoms with van der Waals surface area (Å²) < 4.78 is 40.6. The number of hydrogen-bond donors (Lipinski definition) is 0. The molecule has 2 aromatic carbocycles. The van der Waals surface area contributed by atoms with Gasteiger partial charge in [0, 0.05) is 45.8 Å². The molecular weight excluding hydrogens is 429 g/mol. The van der Waals surface area contributed by atoms with Crippen molar-refractivity contribution in [1.82, 2.24) is 14.1 Å². The molecule has 32 heavy (non-hydrogen) atoms. The van der Waals surface area contributed by atoms with E-state index in [-0.39, 0.29) is 23.3 Å². The molecule has 6 nitrogen and oxygen atoms in total. The zero-order chi connectivity index (χ0) is 22.6. The summed E-state index contributed by atoms with van der Waals surface area (Å²) in [5, 5.41) is 0. The molecule has 172 valence electrons. The lowest BCUT2D eigenvalue weighted by Gasteiger charge is -2.34. The van der Waals surface area contributed by atoms with E-state index >= 15 is 0 Å². The summed E-state index contributed by atoms with van der Waals surface area (Å²) >= 11 is 0. The second kappa shape index (κ2) is 10.1. The van der Waals surface area contributed by atoms with Crippen LogP contribution in [0.1, 0.15) is 24.8 Å². The van der Waals surface area contributed by atoms with Crippen LogP contribution in [0.3, 0.4) is 0 Å². The largest absolute Gasteiger partial charge is 0.341 e. The van der Waals surface area contributed by atoms with Crippen molar-refractivity contribution < 1.29 is 17.6 Å². The molecule has 0 radical (unpaired) electrons. The van der Waals surface area contributed by atoms with Crippen molar-refractivity contribution in [2.45, 2.75) is 30.7 Å². The topological polar surface area (TPSA) is 60.9 Å². The highest BCUT2D eigenvalue weighted by Crippen LogP contribution is 2.25. The highest BCUT2D eigenvalue weighted by molar-refractivity contribution is 7.89. The fraction of sp³-hybridized carbons (Fsp3) is 0.458. The highest BCUT2D eigenvalue weighted by atomic mass is 32.2. The van der Waals surface area contributed by atoms with Crippen LogP contribution in [0.25, 0.3) is 0 Å². The van der Waals surface area contributed by atoms with E-state index in [1.807, 2.05) is 23.1 Å². The van der Waals surface area contributed by atoms with Gasteiger partial charge in [0.05, 0.1) is 10.8 Å². The zero-order valence-electron chi connectivity index (χ0n) is 18.2. The monoisotopic (exact) mass is 459 g/mol. The fourth-order valence-corrected chi connectivity index (χ4v) is 6.09. The lowest BCUT2D eigenvalue weighted by Crippen LogP contribution is -2.47. The number of nitrogens with zero attached hydrogens (tertiary/aromatic N) is 3. The van der Waals surface area contributed by atoms with Crippen molar-refractivity contribution in [2.75, 3.05) is 39.3 Å². The van der Waals surface area contributed by atoms with Crippen molar-refractivity contribution in [1.29, 1.82) is 0 Å². The Bertz CT molecular complexity index is 1010. The first-order valence-electron chi connectivity index (χ1n) is 11.2. The Hall–Kier alpha value is -2.29. The van der Waals surface area contributed by atoms with Crippen molar-refractivity contribution in [3.63, 3.8) is 0 Å². The van der Waals surface area contributed by atoms with Crippen LogP contribution in [-0.2, 0) is 21.4 Å². The van der Waals surface area contributed by atoms with E-state index in [0.717, 1.165) is 38.2 Å². The van der Waals surface area contributed by atoms with Crippen LogP contribution in [0.4, 0.5) is 4.39 Å². The second-order valence-corrected chi connectivity index (χ2v) is 10.5. The third-order valence-electron chi connectivity index (χ3n) is 6.33. The van der Waals surface area contributed by atoms with Crippen LogP contribution in [0.2, 0.25) is 0 Å². The molecule has 1 atom stereocenters. The molecule has 0 aromatic heterocycles. The molecule has 2 heterocycles. The molecule has 0 bridgehead atoms. The van der Waals surface area contributed by atoms with E-state index in [9.17, 15) is 17.6 Å². The molecule has 0 spiro atoms. The molecule has 0 saturated carbocycles. The van der Waals surface area contributed by atoms with Crippen molar-refractivity contribution >= 4 is 15.9 Å². The van der Waals surface area contributed by atoms with Crippen LogP contribution in [0, 0.1) is 11.7 Å². The van der Waals surface area contributed by atoms with Gasteiger partial charge in [0.2, 0.25) is 15.9 Å². The lowest BCUT2D eigenvalue weighted by molar-refractivity contribution is -0.136.